The molecule has 1 aliphatic heterocycles. The molecule has 1 N–H and O–H groups in total. The highest BCUT2D eigenvalue weighted by molar-refractivity contribution is 7.99. The highest BCUT2D eigenvalue weighted by atomic mass is 32.2. The second-order valence-corrected chi connectivity index (χ2v) is 8.64. The van der Waals surface area contributed by atoms with Crippen molar-refractivity contribution in [2.45, 2.75) is 30.6 Å². The predicted molar refractivity (Wildman–Crippen MR) is 123 cm³/mol. The van der Waals surface area contributed by atoms with Crippen molar-refractivity contribution in [1.82, 2.24) is 35.0 Å². The fourth-order valence-corrected chi connectivity index (χ4v) is 4.42. The van der Waals surface area contributed by atoms with E-state index in [9.17, 15) is 9.18 Å². The van der Waals surface area contributed by atoms with E-state index in [4.69, 9.17) is 4.74 Å². The molecule has 2 aromatic carbocycles. The van der Waals surface area contributed by atoms with E-state index >= 15 is 0 Å². The van der Waals surface area contributed by atoms with Gasteiger partial charge < -0.3 is 10.1 Å². The van der Waals surface area contributed by atoms with Crippen LogP contribution < -0.4 is 5.32 Å². The lowest BCUT2D eigenvalue weighted by Crippen LogP contribution is -2.18. The minimum absolute atomic E-state index is 0.0575. The molecule has 2 aromatic heterocycles. The molecule has 0 aliphatic carbocycles. The van der Waals surface area contributed by atoms with Gasteiger partial charge in [0.05, 0.1) is 24.1 Å². The lowest BCUT2D eigenvalue weighted by Gasteiger charge is -2.14. The first-order chi connectivity index (χ1) is 16.7. The van der Waals surface area contributed by atoms with Crippen molar-refractivity contribution >= 4 is 23.4 Å². The van der Waals surface area contributed by atoms with Crippen LogP contribution in [0.4, 0.5) is 10.1 Å². The van der Waals surface area contributed by atoms with Gasteiger partial charge in [-0.15, -0.1) is 15.3 Å². The highest BCUT2D eigenvalue weighted by Gasteiger charge is 2.22. The third kappa shape index (κ3) is 5.13. The minimum Gasteiger partial charge on any atom is -0.376 e. The van der Waals surface area contributed by atoms with Crippen LogP contribution >= 0.6 is 11.8 Å². The van der Waals surface area contributed by atoms with Crippen molar-refractivity contribution in [3.63, 3.8) is 0 Å². The summed E-state index contributed by atoms with van der Waals surface area (Å²) in [4.78, 5) is 12.6. The summed E-state index contributed by atoms with van der Waals surface area (Å²) in [6, 6.07) is 13.3. The molecule has 3 heterocycles. The van der Waals surface area contributed by atoms with E-state index < -0.39 is 0 Å². The SMILES string of the molecule is O=C(CSc1nnc(-c2ccc(F)cc2)n1C[C@@H]1CCCO1)Nc1ccc(-n2cnnn2)cc1. The van der Waals surface area contributed by atoms with E-state index in [1.165, 1.54) is 34.9 Å². The average molecular weight is 481 g/mol. The minimum atomic E-state index is -0.314. The third-order valence-electron chi connectivity index (χ3n) is 5.33. The first kappa shape index (κ1) is 22.2. The first-order valence-corrected chi connectivity index (χ1v) is 11.7. The molecular formula is C22H21FN8O2S. The summed E-state index contributed by atoms with van der Waals surface area (Å²) in [6.07, 6.45) is 3.52. The Morgan fingerprint density at radius 1 is 1.15 bits per heavy atom. The summed E-state index contributed by atoms with van der Waals surface area (Å²) in [5.74, 6) is 0.292. The summed E-state index contributed by atoms with van der Waals surface area (Å²) < 4.78 is 22.7. The number of carbonyl (C=O) groups excluding carboxylic acids is 1. The van der Waals surface area contributed by atoms with Crippen molar-refractivity contribution < 1.29 is 13.9 Å². The van der Waals surface area contributed by atoms with Crippen molar-refractivity contribution in [3.05, 3.63) is 60.7 Å². The molecule has 1 saturated heterocycles. The Bertz CT molecular complexity index is 1240. The molecule has 0 bridgehead atoms. The largest absolute Gasteiger partial charge is 0.376 e. The topological polar surface area (TPSA) is 113 Å². The number of hydrogen-bond acceptors (Lipinski definition) is 8. The summed E-state index contributed by atoms with van der Waals surface area (Å²) in [5.41, 5.74) is 2.20. The molecule has 0 unspecified atom stereocenters. The zero-order valence-electron chi connectivity index (χ0n) is 18.0. The number of rotatable bonds is 8. The molecule has 0 spiro atoms. The maximum Gasteiger partial charge on any atom is 0.234 e. The van der Waals surface area contributed by atoms with Crippen LogP contribution in [0.5, 0.6) is 0 Å². The third-order valence-corrected chi connectivity index (χ3v) is 6.29. The lowest BCUT2D eigenvalue weighted by molar-refractivity contribution is -0.113. The van der Waals surface area contributed by atoms with Crippen molar-refractivity contribution in [3.8, 4) is 17.1 Å². The maximum absolute atomic E-state index is 13.4. The Hall–Kier alpha value is -3.64. The van der Waals surface area contributed by atoms with Crippen LogP contribution in [0, 0.1) is 5.82 Å². The first-order valence-electron chi connectivity index (χ1n) is 10.7. The van der Waals surface area contributed by atoms with Gasteiger partial charge in [0.2, 0.25) is 5.91 Å². The summed E-state index contributed by atoms with van der Waals surface area (Å²) in [5, 5.41) is 23.2. The number of tetrazole rings is 1. The number of ether oxygens (including phenoxy) is 1. The van der Waals surface area contributed by atoms with Gasteiger partial charge in [-0.05, 0) is 71.8 Å². The van der Waals surface area contributed by atoms with Crippen molar-refractivity contribution in [2.75, 3.05) is 17.7 Å². The van der Waals surface area contributed by atoms with Gasteiger partial charge in [-0.2, -0.15) is 0 Å². The van der Waals surface area contributed by atoms with E-state index in [1.807, 2.05) is 16.7 Å². The van der Waals surface area contributed by atoms with Gasteiger partial charge in [0.25, 0.3) is 0 Å². The van der Waals surface area contributed by atoms with E-state index in [0.29, 0.717) is 23.2 Å². The summed E-state index contributed by atoms with van der Waals surface area (Å²) >= 11 is 1.29. The smallest absolute Gasteiger partial charge is 0.234 e. The molecule has 174 valence electrons. The number of halogens is 1. The van der Waals surface area contributed by atoms with Crippen LogP contribution in [0.2, 0.25) is 0 Å². The van der Waals surface area contributed by atoms with Gasteiger partial charge in [0.15, 0.2) is 11.0 Å². The van der Waals surface area contributed by atoms with E-state index in [0.717, 1.165) is 30.7 Å². The quantitative estimate of drug-likeness (QED) is 0.383. The van der Waals surface area contributed by atoms with Crippen molar-refractivity contribution in [1.29, 1.82) is 0 Å². The van der Waals surface area contributed by atoms with Crippen molar-refractivity contribution in [2.24, 2.45) is 0 Å². The molecule has 10 nitrogen and oxygen atoms in total. The van der Waals surface area contributed by atoms with Crippen LogP contribution in [-0.4, -0.2) is 59.3 Å². The fourth-order valence-electron chi connectivity index (χ4n) is 3.67. The number of carbonyl (C=O) groups is 1. The van der Waals surface area contributed by atoms with Gasteiger partial charge in [-0.25, -0.2) is 9.07 Å². The molecule has 34 heavy (non-hydrogen) atoms. The predicted octanol–water partition coefficient (Wildman–Crippen LogP) is 2.97. The zero-order valence-corrected chi connectivity index (χ0v) is 18.9. The molecule has 12 heteroatoms. The molecule has 0 radical (unpaired) electrons. The number of nitrogens with one attached hydrogen (secondary N) is 1. The van der Waals surface area contributed by atoms with E-state index in [1.54, 1.807) is 24.3 Å². The molecular weight excluding hydrogens is 459 g/mol. The van der Waals surface area contributed by atoms with Crippen LogP contribution in [0.25, 0.3) is 17.1 Å². The van der Waals surface area contributed by atoms with Crippen LogP contribution in [-0.2, 0) is 16.1 Å². The Labute approximate surface area is 198 Å². The fraction of sp³-hybridized carbons (Fsp3) is 0.273. The van der Waals surface area contributed by atoms with E-state index in [2.05, 4.69) is 31.0 Å². The number of nitrogens with zero attached hydrogens (tertiary/aromatic N) is 7. The molecule has 0 saturated carbocycles. The second-order valence-electron chi connectivity index (χ2n) is 7.70. The second kappa shape index (κ2) is 10.1. The molecule has 5 rings (SSSR count). The molecule has 1 amide bonds. The molecule has 1 fully saturated rings. The molecule has 4 aromatic rings. The molecule has 1 atom stereocenters. The summed E-state index contributed by atoms with van der Waals surface area (Å²) in [7, 11) is 0. The standard InChI is InChI=1S/C22H21FN8O2S/c23-16-5-3-15(4-6-16)21-26-27-22(30(21)12-19-2-1-11-33-19)34-13-20(32)25-17-7-9-18(10-8-17)31-14-24-28-29-31/h3-10,14,19H,1-2,11-13H2,(H,25,32)/t19-/m0/s1. The number of hydrogen-bond donors (Lipinski definition) is 1. The molecule has 1 aliphatic rings. The Balaban J connectivity index is 1.26. The highest BCUT2D eigenvalue weighted by Crippen LogP contribution is 2.27. The van der Waals surface area contributed by atoms with Gasteiger partial charge in [0.1, 0.15) is 12.1 Å². The number of benzene rings is 2. The van der Waals surface area contributed by atoms with Gasteiger partial charge in [0, 0.05) is 17.9 Å². The van der Waals surface area contributed by atoms with E-state index in [-0.39, 0.29) is 23.6 Å². The number of thioether (sulfide) groups is 1. The Morgan fingerprint density at radius 3 is 2.68 bits per heavy atom. The maximum atomic E-state index is 13.4. The van der Waals surface area contributed by atoms with Gasteiger partial charge in [-0.3, -0.25) is 9.36 Å². The van der Waals surface area contributed by atoms with Gasteiger partial charge in [-0.1, -0.05) is 11.8 Å². The van der Waals surface area contributed by atoms with Crippen LogP contribution in [0.3, 0.4) is 0 Å². The zero-order chi connectivity index (χ0) is 23.3. The number of anilines is 1. The monoisotopic (exact) mass is 480 g/mol. The van der Waals surface area contributed by atoms with Crippen LogP contribution in [0.1, 0.15) is 12.8 Å². The van der Waals surface area contributed by atoms with Gasteiger partial charge >= 0.3 is 0 Å². The Kier molecular flexibility index (Phi) is 6.58. The Morgan fingerprint density at radius 2 is 1.97 bits per heavy atom. The lowest BCUT2D eigenvalue weighted by atomic mass is 10.2. The number of aromatic nitrogens is 7. The van der Waals surface area contributed by atoms with Crippen LogP contribution in [0.15, 0.2) is 60.0 Å². The normalized spacial score (nSPS) is 15.5. The average Bonchev–Trinajstić information content (AvgIpc) is 3.62. The summed E-state index contributed by atoms with van der Waals surface area (Å²) in [6.45, 7) is 1.30. The number of amides is 1.